The van der Waals surface area contributed by atoms with Gasteiger partial charge in [0.15, 0.2) is 5.11 Å². The fourth-order valence-corrected chi connectivity index (χ4v) is 3.08. The van der Waals surface area contributed by atoms with Gasteiger partial charge in [-0.05, 0) is 61.3 Å². The largest absolute Gasteiger partial charge is 0.353 e. The van der Waals surface area contributed by atoms with Crippen molar-refractivity contribution in [2.45, 2.75) is 27.2 Å². The number of rotatable bonds is 5. The number of hydrogen-bond donors (Lipinski definition) is 3. The maximum atomic E-state index is 12.1. The van der Waals surface area contributed by atoms with E-state index in [1.807, 2.05) is 50.2 Å². The zero-order chi connectivity index (χ0) is 18.4. The van der Waals surface area contributed by atoms with E-state index in [4.69, 9.17) is 23.8 Å². The Morgan fingerprint density at radius 3 is 2.56 bits per heavy atom. The lowest BCUT2D eigenvalue weighted by atomic mass is 10.1. The van der Waals surface area contributed by atoms with E-state index in [2.05, 4.69) is 22.9 Å². The molecule has 132 valence electrons. The summed E-state index contributed by atoms with van der Waals surface area (Å²) in [5.74, 6) is -0.156. The third-order valence-corrected chi connectivity index (χ3v) is 4.30. The molecule has 0 aliphatic rings. The first-order chi connectivity index (χ1) is 11.9. The van der Waals surface area contributed by atoms with Crippen LogP contribution in [0, 0.1) is 13.8 Å². The minimum atomic E-state index is -0.156. The quantitative estimate of drug-likeness (QED) is 0.676. The summed E-state index contributed by atoms with van der Waals surface area (Å²) in [6.45, 7) is 6.07. The average Bonchev–Trinajstić information content (AvgIpc) is 2.56. The molecule has 2 aromatic rings. The van der Waals surface area contributed by atoms with Gasteiger partial charge in [-0.2, -0.15) is 0 Å². The second-order valence-corrected chi connectivity index (χ2v) is 6.62. The summed E-state index contributed by atoms with van der Waals surface area (Å²) in [7, 11) is 0. The molecule has 25 heavy (non-hydrogen) atoms. The van der Waals surface area contributed by atoms with Crippen molar-refractivity contribution in [3.63, 3.8) is 0 Å². The van der Waals surface area contributed by atoms with Crippen LogP contribution in [0.15, 0.2) is 36.4 Å². The first kappa shape index (κ1) is 19.2. The molecule has 3 N–H and O–H groups in total. The highest BCUT2D eigenvalue weighted by molar-refractivity contribution is 7.80. The molecule has 0 bridgehead atoms. The van der Waals surface area contributed by atoms with Crippen LogP contribution in [0.3, 0.4) is 0 Å². The second kappa shape index (κ2) is 8.83. The topological polar surface area (TPSA) is 53.2 Å². The molecule has 0 spiro atoms. The molecule has 0 saturated carbocycles. The number of aryl methyl sites for hydroxylation is 3. The fourth-order valence-electron chi connectivity index (χ4n) is 2.54. The van der Waals surface area contributed by atoms with E-state index in [9.17, 15) is 4.79 Å². The van der Waals surface area contributed by atoms with Gasteiger partial charge < -0.3 is 16.0 Å². The number of carbonyl (C=O) groups is 1. The van der Waals surface area contributed by atoms with Gasteiger partial charge in [0.05, 0.1) is 17.3 Å². The van der Waals surface area contributed by atoms with Gasteiger partial charge in [0.2, 0.25) is 5.91 Å². The van der Waals surface area contributed by atoms with Crippen LogP contribution in [0.2, 0.25) is 5.02 Å². The first-order valence-corrected chi connectivity index (χ1v) is 8.88. The molecule has 6 heteroatoms. The summed E-state index contributed by atoms with van der Waals surface area (Å²) in [5, 5.41) is 9.81. The maximum absolute atomic E-state index is 12.1. The van der Waals surface area contributed by atoms with Crippen molar-refractivity contribution in [2.75, 3.05) is 17.2 Å². The smallest absolute Gasteiger partial charge is 0.243 e. The highest BCUT2D eigenvalue weighted by atomic mass is 35.5. The van der Waals surface area contributed by atoms with Gasteiger partial charge in [-0.3, -0.25) is 4.79 Å². The molecule has 1 amide bonds. The van der Waals surface area contributed by atoms with E-state index in [-0.39, 0.29) is 12.5 Å². The van der Waals surface area contributed by atoms with Crippen LogP contribution in [0.25, 0.3) is 0 Å². The van der Waals surface area contributed by atoms with Crippen molar-refractivity contribution in [3.05, 3.63) is 58.1 Å². The van der Waals surface area contributed by atoms with Crippen LogP contribution in [0.1, 0.15) is 23.6 Å². The van der Waals surface area contributed by atoms with Crippen LogP contribution in [0.4, 0.5) is 11.4 Å². The molecule has 4 nitrogen and oxygen atoms in total. The van der Waals surface area contributed by atoms with Crippen LogP contribution in [-0.4, -0.2) is 17.6 Å². The van der Waals surface area contributed by atoms with Crippen molar-refractivity contribution in [3.8, 4) is 0 Å². The normalized spacial score (nSPS) is 10.2. The minimum Gasteiger partial charge on any atom is -0.353 e. The standard InChI is InChI=1S/C19H22ClN3OS/c1-4-14-7-5-6-8-16(14)22-17(24)11-21-19(25)23-18-13(3)9-12(2)10-15(18)20/h5-10H,4,11H2,1-3H3,(H,22,24)(H2,21,23,25). The van der Waals surface area contributed by atoms with Crippen LogP contribution < -0.4 is 16.0 Å². The number of carbonyl (C=O) groups excluding carboxylic acids is 1. The van der Waals surface area contributed by atoms with Crippen molar-refractivity contribution in [1.29, 1.82) is 0 Å². The molecule has 0 aliphatic carbocycles. The number of thiocarbonyl (C=S) groups is 1. The number of para-hydroxylation sites is 1. The van der Waals surface area contributed by atoms with Crippen LogP contribution in [-0.2, 0) is 11.2 Å². The molecular weight excluding hydrogens is 354 g/mol. The van der Waals surface area contributed by atoms with E-state index in [1.54, 1.807) is 0 Å². The summed E-state index contributed by atoms with van der Waals surface area (Å²) < 4.78 is 0. The Kier molecular flexibility index (Phi) is 6.79. The number of benzene rings is 2. The van der Waals surface area contributed by atoms with E-state index in [0.29, 0.717) is 10.1 Å². The number of amides is 1. The van der Waals surface area contributed by atoms with E-state index in [1.165, 1.54) is 0 Å². The van der Waals surface area contributed by atoms with Gasteiger partial charge in [0, 0.05) is 5.69 Å². The Morgan fingerprint density at radius 2 is 1.88 bits per heavy atom. The van der Waals surface area contributed by atoms with Crippen molar-refractivity contribution in [1.82, 2.24) is 5.32 Å². The summed E-state index contributed by atoms with van der Waals surface area (Å²) >= 11 is 11.5. The molecule has 0 aromatic heterocycles. The van der Waals surface area contributed by atoms with Crippen LogP contribution in [0.5, 0.6) is 0 Å². The molecule has 0 aliphatic heterocycles. The molecule has 0 radical (unpaired) electrons. The van der Waals surface area contributed by atoms with Crippen LogP contribution >= 0.6 is 23.8 Å². The summed E-state index contributed by atoms with van der Waals surface area (Å²) in [4.78, 5) is 12.1. The van der Waals surface area contributed by atoms with E-state index < -0.39 is 0 Å². The van der Waals surface area contributed by atoms with Crippen molar-refractivity contribution in [2.24, 2.45) is 0 Å². The van der Waals surface area contributed by atoms with Gasteiger partial charge in [-0.15, -0.1) is 0 Å². The molecule has 0 heterocycles. The van der Waals surface area contributed by atoms with Gasteiger partial charge in [0.25, 0.3) is 0 Å². The summed E-state index contributed by atoms with van der Waals surface area (Å²) in [6, 6.07) is 11.6. The van der Waals surface area contributed by atoms with Crippen molar-refractivity contribution >= 4 is 46.2 Å². The van der Waals surface area contributed by atoms with Gasteiger partial charge in [-0.1, -0.05) is 42.8 Å². The molecule has 2 rings (SSSR count). The van der Waals surface area contributed by atoms with Crippen molar-refractivity contribution < 1.29 is 4.79 Å². The summed E-state index contributed by atoms with van der Waals surface area (Å²) in [6.07, 6.45) is 0.856. The molecule has 0 saturated heterocycles. The first-order valence-electron chi connectivity index (χ1n) is 8.10. The summed E-state index contributed by atoms with van der Waals surface area (Å²) in [5.41, 5.74) is 4.75. The predicted octanol–water partition coefficient (Wildman–Crippen LogP) is 4.44. The Balaban J connectivity index is 1.91. The lowest BCUT2D eigenvalue weighted by Crippen LogP contribution is -2.36. The van der Waals surface area contributed by atoms with Gasteiger partial charge in [-0.25, -0.2) is 0 Å². The zero-order valence-electron chi connectivity index (χ0n) is 14.6. The fraction of sp³-hybridized carbons (Fsp3) is 0.263. The molecule has 0 fully saturated rings. The average molecular weight is 376 g/mol. The monoisotopic (exact) mass is 375 g/mol. The highest BCUT2D eigenvalue weighted by Gasteiger charge is 2.09. The number of halogens is 1. The van der Waals surface area contributed by atoms with E-state index in [0.717, 1.165) is 34.5 Å². The SMILES string of the molecule is CCc1ccccc1NC(=O)CNC(=S)Nc1c(C)cc(C)cc1Cl. The third kappa shape index (κ3) is 5.44. The number of anilines is 2. The lowest BCUT2D eigenvalue weighted by molar-refractivity contribution is -0.115. The highest BCUT2D eigenvalue weighted by Crippen LogP contribution is 2.27. The van der Waals surface area contributed by atoms with Gasteiger partial charge in [0.1, 0.15) is 0 Å². The molecule has 0 atom stereocenters. The zero-order valence-corrected chi connectivity index (χ0v) is 16.1. The Hall–Kier alpha value is -2.11. The minimum absolute atomic E-state index is 0.0758. The Labute approximate surface area is 159 Å². The number of hydrogen-bond acceptors (Lipinski definition) is 2. The van der Waals surface area contributed by atoms with E-state index >= 15 is 0 Å². The molecular formula is C19H22ClN3OS. The maximum Gasteiger partial charge on any atom is 0.243 e. The molecule has 2 aromatic carbocycles. The van der Waals surface area contributed by atoms with Gasteiger partial charge >= 0.3 is 0 Å². The molecule has 0 unspecified atom stereocenters. The predicted molar refractivity (Wildman–Crippen MR) is 110 cm³/mol. The third-order valence-electron chi connectivity index (χ3n) is 3.75. The Bertz CT molecular complexity index is 769. The Morgan fingerprint density at radius 1 is 1.16 bits per heavy atom. The lowest BCUT2D eigenvalue weighted by Gasteiger charge is -2.15. The second-order valence-electron chi connectivity index (χ2n) is 5.81. The number of nitrogens with one attached hydrogen (secondary N) is 3.